The van der Waals surface area contributed by atoms with Crippen LogP contribution in [0.5, 0.6) is 11.5 Å². The molecule has 0 atom stereocenters. The lowest BCUT2D eigenvalue weighted by Gasteiger charge is -2.13. The molecular formula is C26H26N4O3S. The first kappa shape index (κ1) is 23.4. The zero-order valence-corrected chi connectivity index (χ0v) is 20.1. The highest BCUT2D eigenvalue weighted by Gasteiger charge is 2.17. The van der Waals surface area contributed by atoms with Gasteiger partial charge in [-0.2, -0.15) is 0 Å². The first-order valence-electron chi connectivity index (χ1n) is 10.8. The Bertz CT molecular complexity index is 1250. The number of hydrogen-bond donors (Lipinski definition) is 1. The zero-order valence-electron chi connectivity index (χ0n) is 19.3. The van der Waals surface area contributed by atoms with Crippen LogP contribution in [0, 0.1) is 13.8 Å². The van der Waals surface area contributed by atoms with E-state index in [9.17, 15) is 4.79 Å². The molecule has 1 amide bonds. The number of aryl methyl sites for hydroxylation is 2. The van der Waals surface area contributed by atoms with Gasteiger partial charge in [0.05, 0.1) is 12.9 Å². The second kappa shape index (κ2) is 10.9. The van der Waals surface area contributed by atoms with Crippen LogP contribution in [-0.4, -0.2) is 33.5 Å². The average Bonchev–Trinajstić information content (AvgIpc) is 3.26. The monoisotopic (exact) mass is 474 g/mol. The van der Waals surface area contributed by atoms with Crippen molar-refractivity contribution in [2.75, 3.05) is 18.2 Å². The number of rotatable bonds is 9. The normalized spacial score (nSPS) is 10.7. The Morgan fingerprint density at radius 1 is 0.971 bits per heavy atom. The number of benzene rings is 3. The quantitative estimate of drug-likeness (QED) is 0.336. The van der Waals surface area contributed by atoms with Gasteiger partial charge in [-0.3, -0.25) is 9.36 Å². The number of aromatic nitrogens is 3. The summed E-state index contributed by atoms with van der Waals surface area (Å²) >= 11 is 1.32. The average molecular weight is 475 g/mol. The SMILES string of the molecule is COc1cccc(NC(=O)CSc2nnc(COc3c(C)cccc3C)n2-c2ccccc2)c1. The lowest BCUT2D eigenvalue weighted by molar-refractivity contribution is -0.113. The number of amides is 1. The van der Waals surface area contributed by atoms with E-state index in [0.717, 1.165) is 22.6 Å². The zero-order chi connectivity index (χ0) is 23.9. The number of carbonyl (C=O) groups excluding carboxylic acids is 1. The maximum absolute atomic E-state index is 12.6. The third kappa shape index (κ3) is 5.58. The fraction of sp³-hybridized carbons (Fsp3) is 0.192. The molecule has 0 bridgehead atoms. The summed E-state index contributed by atoms with van der Waals surface area (Å²) in [5.41, 5.74) is 3.71. The number of methoxy groups -OCH3 is 1. The Morgan fingerprint density at radius 2 is 1.71 bits per heavy atom. The number of nitrogens with zero attached hydrogens (tertiary/aromatic N) is 3. The summed E-state index contributed by atoms with van der Waals surface area (Å²) in [6, 6.07) is 23.1. The Kier molecular flexibility index (Phi) is 7.49. The molecule has 0 unspecified atom stereocenters. The molecule has 0 saturated heterocycles. The Labute approximate surface area is 203 Å². The molecule has 0 fully saturated rings. The Morgan fingerprint density at radius 3 is 2.44 bits per heavy atom. The largest absolute Gasteiger partial charge is 0.497 e. The van der Waals surface area contributed by atoms with E-state index in [1.165, 1.54) is 11.8 Å². The van der Waals surface area contributed by atoms with Gasteiger partial charge in [-0.15, -0.1) is 10.2 Å². The van der Waals surface area contributed by atoms with E-state index in [1.54, 1.807) is 13.2 Å². The van der Waals surface area contributed by atoms with Crippen molar-refractivity contribution in [1.82, 2.24) is 14.8 Å². The molecule has 8 heteroatoms. The van der Waals surface area contributed by atoms with Gasteiger partial charge in [0.15, 0.2) is 11.0 Å². The minimum Gasteiger partial charge on any atom is -0.497 e. The van der Waals surface area contributed by atoms with E-state index in [1.807, 2.05) is 85.1 Å². The molecule has 1 heterocycles. The first-order chi connectivity index (χ1) is 16.5. The molecule has 0 aliphatic carbocycles. The van der Waals surface area contributed by atoms with Crippen molar-refractivity contribution >= 4 is 23.4 Å². The third-order valence-corrected chi connectivity index (χ3v) is 6.08. The van der Waals surface area contributed by atoms with Crippen LogP contribution in [0.15, 0.2) is 78.0 Å². The number of ether oxygens (including phenoxy) is 2. The third-order valence-electron chi connectivity index (χ3n) is 5.15. The summed E-state index contributed by atoms with van der Waals surface area (Å²) < 4.78 is 13.3. The molecule has 0 saturated carbocycles. The second-order valence-electron chi connectivity index (χ2n) is 7.65. The molecule has 1 N–H and O–H groups in total. The van der Waals surface area contributed by atoms with E-state index < -0.39 is 0 Å². The summed E-state index contributed by atoms with van der Waals surface area (Å²) in [5, 5.41) is 12.2. The van der Waals surface area contributed by atoms with Gasteiger partial charge in [-0.25, -0.2) is 0 Å². The van der Waals surface area contributed by atoms with E-state index in [-0.39, 0.29) is 18.3 Å². The summed E-state index contributed by atoms with van der Waals surface area (Å²) in [4.78, 5) is 12.6. The van der Waals surface area contributed by atoms with Crippen molar-refractivity contribution in [3.8, 4) is 17.2 Å². The van der Waals surface area contributed by atoms with Crippen LogP contribution in [-0.2, 0) is 11.4 Å². The smallest absolute Gasteiger partial charge is 0.234 e. The lowest BCUT2D eigenvalue weighted by atomic mass is 10.1. The number of nitrogens with one attached hydrogen (secondary N) is 1. The van der Waals surface area contributed by atoms with Gasteiger partial charge < -0.3 is 14.8 Å². The molecule has 0 aliphatic rings. The highest BCUT2D eigenvalue weighted by Crippen LogP contribution is 2.26. The van der Waals surface area contributed by atoms with Crippen LogP contribution in [0.2, 0.25) is 0 Å². The molecule has 4 aromatic rings. The number of thioether (sulfide) groups is 1. The Balaban J connectivity index is 1.51. The highest BCUT2D eigenvalue weighted by atomic mass is 32.2. The van der Waals surface area contributed by atoms with Crippen LogP contribution >= 0.6 is 11.8 Å². The molecule has 1 aromatic heterocycles. The topological polar surface area (TPSA) is 78.3 Å². The van der Waals surface area contributed by atoms with Crippen molar-refractivity contribution < 1.29 is 14.3 Å². The molecule has 0 aliphatic heterocycles. The Hall–Kier alpha value is -3.78. The van der Waals surface area contributed by atoms with Crippen molar-refractivity contribution in [2.45, 2.75) is 25.6 Å². The fourth-order valence-corrected chi connectivity index (χ4v) is 4.29. The van der Waals surface area contributed by atoms with Crippen LogP contribution in [0.25, 0.3) is 5.69 Å². The van der Waals surface area contributed by atoms with Gasteiger partial charge in [0.2, 0.25) is 5.91 Å². The van der Waals surface area contributed by atoms with Crippen LogP contribution in [0.3, 0.4) is 0 Å². The van der Waals surface area contributed by atoms with Crippen LogP contribution < -0.4 is 14.8 Å². The predicted octanol–water partition coefficient (Wildman–Crippen LogP) is 5.20. The van der Waals surface area contributed by atoms with E-state index in [2.05, 4.69) is 15.5 Å². The molecular weight excluding hydrogens is 448 g/mol. The number of hydrogen-bond acceptors (Lipinski definition) is 6. The summed E-state index contributed by atoms with van der Waals surface area (Å²) in [6.45, 7) is 4.29. The van der Waals surface area contributed by atoms with Crippen molar-refractivity contribution in [2.24, 2.45) is 0 Å². The predicted molar refractivity (Wildman–Crippen MR) is 134 cm³/mol. The molecule has 34 heavy (non-hydrogen) atoms. The summed E-state index contributed by atoms with van der Waals surface area (Å²) in [6.07, 6.45) is 0. The minimum absolute atomic E-state index is 0.144. The van der Waals surface area contributed by atoms with Crippen molar-refractivity contribution in [3.63, 3.8) is 0 Å². The van der Waals surface area contributed by atoms with E-state index >= 15 is 0 Å². The second-order valence-corrected chi connectivity index (χ2v) is 8.59. The molecule has 3 aromatic carbocycles. The fourth-order valence-electron chi connectivity index (χ4n) is 3.52. The van der Waals surface area contributed by atoms with E-state index in [4.69, 9.17) is 9.47 Å². The van der Waals surface area contributed by atoms with Gasteiger partial charge in [0, 0.05) is 17.4 Å². The van der Waals surface area contributed by atoms with Crippen LogP contribution in [0.1, 0.15) is 17.0 Å². The van der Waals surface area contributed by atoms with Crippen LogP contribution in [0.4, 0.5) is 5.69 Å². The number of carbonyl (C=O) groups is 1. The number of para-hydroxylation sites is 2. The molecule has 4 rings (SSSR count). The van der Waals surface area contributed by atoms with Gasteiger partial charge in [0.25, 0.3) is 0 Å². The summed E-state index contributed by atoms with van der Waals surface area (Å²) in [7, 11) is 1.59. The number of anilines is 1. The van der Waals surface area contributed by atoms with Gasteiger partial charge in [-0.1, -0.05) is 54.2 Å². The molecule has 0 radical (unpaired) electrons. The standard InChI is InChI=1S/C26H26N4O3S/c1-18-9-7-10-19(2)25(18)33-16-23-28-29-26(30(23)21-12-5-4-6-13-21)34-17-24(31)27-20-11-8-14-22(15-20)32-3/h4-15H,16-17H2,1-3H3,(H,27,31). The van der Waals surface area contributed by atoms with Crippen molar-refractivity contribution in [3.05, 3.63) is 89.7 Å². The van der Waals surface area contributed by atoms with Gasteiger partial charge in [-0.05, 0) is 49.2 Å². The maximum atomic E-state index is 12.6. The minimum atomic E-state index is -0.144. The molecule has 0 spiro atoms. The van der Waals surface area contributed by atoms with Gasteiger partial charge >= 0.3 is 0 Å². The highest BCUT2D eigenvalue weighted by molar-refractivity contribution is 7.99. The summed E-state index contributed by atoms with van der Waals surface area (Å²) in [5.74, 6) is 2.22. The van der Waals surface area contributed by atoms with Crippen molar-refractivity contribution in [1.29, 1.82) is 0 Å². The lowest BCUT2D eigenvalue weighted by Crippen LogP contribution is -2.15. The molecule has 7 nitrogen and oxygen atoms in total. The van der Waals surface area contributed by atoms with Gasteiger partial charge in [0.1, 0.15) is 18.1 Å². The first-order valence-corrected chi connectivity index (χ1v) is 11.8. The molecule has 174 valence electrons. The maximum Gasteiger partial charge on any atom is 0.234 e. The van der Waals surface area contributed by atoms with E-state index in [0.29, 0.717) is 22.4 Å².